The van der Waals surface area contributed by atoms with Gasteiger partial charge in [-0.25, -0.2) is 4.79 Å². The second-order valence-electron chi connectivity index (χ2n) is 6.14. The quantitative estimate of drug-likeness (QED) is 0.860. The van der Waals surface area contributed by atoms with Crippen molar-refractivity contribution in [1.82, 2.24) is 4.90 Å². The van der Waals surface area contributed by atoms with Gasteiger partial charge in [-0.2, -0.15) is 0 Å². The van der Waals surface area contributed by atoms with E-state index in [1.165, 1.54) is 6.92 Å². The van der Waals surface area contributed by atoms with Crippen LogP contribution >= 0.6 is 0 Å². The number of Topliss-reactive ketones (excluding diaryl/α,β-unsaturated/α-hetero) is 1. The van der Waals surface area contributed by atoms with Crippen LogP contribution in [0.1, 0.15) is 44.0 Å². The standard InChI is InChI=1S/C17H24N2O2/c1-12(2)14-7-9-19(10-8-14)17(21)18-16-6-4-5-15(11-16)13(3)20/h4-6,11-12,14H,7-10H2,1-3H3,(H,18,21). The van der Waals surface area contributed by atoms with Crippen LogP contribution in [-0.2, 0) is 0 Å². The van der Waals surface area contributed by atoms with E-state index in [1.54, 1.807) is 18.2 Å². The molecule has 1 aromatic rings. The summed E-state index contributed by atoms with van der Waals surface area (Å²) in [7, 11) is 0. The van der Waals surface area contributed by atoms with E-state index in [1.807, 2.05) is 11.0 Å². The Labute approximate surface area is 126 Å². The largest absolute Gasteiger partial charge is 0.325 e. The van der Waals surface area contributed by atoms with Crippen molar-refractivity contribution in [3.05, 3.63) is 29.8 Å². The van der Waals surface area contributed by atoms with Gasteiger partial charge in [0.1, 0.15) is 0 Å². The fourth-order valence-electron chi connectivity index (χ4n) is 2.79. The summed E-state index contributed by atoms with van der Waals surface area (Å²) in [5, 5.41) is 2.89. The van der Waals surface area contributed by atoms with Crippen LogP contribution in [0.5, 0.6) is 0 Å². The number of carbonyl (C=O) groups is 2. The van der Waals surface area contributed by atoms with Crippen molar-refractivity contribution in [3.63, 3.8) is 0 Å². The fourth-order valence-corrected chi connectivity index (χ4v) is 2.79. The van der Waals surface area contributed by atoms with E-state index in [0.29, 0.717) is 17.2 Å². The van der Waals surface area contributed by atoms with Gasteiger partial charge in [0.25, 0.3) is 0 Å². The predicted octanol–water partition coefficient (Wildman–Crippen LogP) is 3.79. The van der Waals surface area contributed by atoms with Crippen LogP contribution < -0.4 is 5.32 Å². The minimum absolute atomic E-state index is 0.00356. The number of nitrogens with one attached hydrogen (secondary N) is 1. The first kappa shape index (κ1) is 15.5. The van der Waals surface area contributed by atoms with E-state index in [-0.39, 0.29) is 11.8 Å². The highest BCUT2D eigenvalue weighted by Crippen LogP contribution is 2.24. The molecular formula is C17H24N2O2. The molecule has 1 aliphatic rings. The van der Waals surface area contributed by atoms with E-state index >= 15 is 0 Å². The first-order chi connectivity index (χ1) is 9.97. The third-order valence-corrected chi connectivity index (χ3v) is 4.29. The number of rotatable bonds is 3. The monoisotopic (exact) mass is 288 g/mol. The highest BCUT2D eigenvalue weighted by molar-refractivity contribution is 5.96. The Hall–Kier alpha value is -1.84. The number of piperidine rings is 1. The second kappa shape index (κ2) is 6.74. The Balaban J connectivity index is 1.93. The van der Waals surface area contributed by atoms with Crippen LogP contribution in [0.15, 0.2) is 24.3 Å². The molecule has 0 aliphatic carbocycles. The highest BCUT2D eigenvalue weighted by atomic mass is 16.2. The van der Waals surface area contributed by atoms with Crippen molar-refractivity contribution in [2.45, 2.75) is 33.6 Å². The molecule has 1 aliphatic heterocycles. The van der Waals surface area contributed by atoms with E-state index in [4.69, 9.17) is 0 Å². The average molecular weight is 288 g/mol. The molecule has 0 atom stereocenters. The Kier molecular flexibility index (Phi) is 4.99. The van der Waals surface area contributed by atoms with Crippen LogP contribution in [0.25, 0.3) is 0 Å². The molecule has 0 aromatic heterocycles. The molecule has 1 saturated heterocycles. The Bertz CT molecular complexity index is 517. The zero-order valence-corrected chi connectivity index (χ0v) is 13.1. The summed E-state index contributed by atoms with van der Waals surface area (Å²) in [5.41, 5.74) is 1.30. The zero-order valence-electron chi connectivity index (χ0n) is 13.1. The van der Waals surface area contributed by atoms with Gasteiger partial charge in [0.05, 0.1) is 0 Å². The summed E-state index contributed by atoms with van der Waals surface area (Å²) in [4.78, 5) is 25.5. The molecule has 0 saturated carbocycles. The Morgan fingerprint density at radius 3 is 2.48 bits per heavy atom. The molecule has 1 N–H and O–H groups in total. The first-order valence-electron chi connectivity index (χ1n) is 7.64. The van der Waals surface area contributed by atoms with Crippen LogP contribution in [0, 0.1) is 11.8 Å². The first-order valence-corrected chi connectivity index (χ1v) is 7.64. The van der Waals surface area contributed by atoms with E-state index in [2.05, 4.69) is 19.2 Å². The lowest BCUT2D eigenvalue weighted by Crippen LogP contribution is -2.41. The lowest BCUT2D eigenvalue weighted by molar-refractivity contribution is 0.101. The van der Waals surface area contributed by atoms with Crippen LogP contribution in [0.2, 0.25) is 0 Å². The number of ketones is 1. The van der Waals surface area contributed by atoms with Gasteiger partial charge in [-0.15, -0.1) is 0 Å². The number of hydrogen-bond acceptors (Lipinski definition) is 2. The van der Waals surface area contributed by atoms with Gasteiger partial charge in [0.2, 0.25) is 0 Å². The van der Waals surface area contributed by atoms with Gasteiger partial charge in [-0.05, 0) is 43.7 Å². The molecule has 2 rings (SSSR count). The summed E-state index contributed by atoms with van der Waals surface area (Å²) in [6.45, 7) is 7.63. The molecule has 2 amide bonds. The average Bonchev–Trinajstić information content (AvgIpc) is 2.47. The molecule has 0 spiro atoms. The minimum Gasteiger partial charge on any atom is -0.325 e. The number of hydrogen-bond donors (Lipinski definition) is 1. The van der Waals surface area contributed by atoms with Crippen LogP contribution in [-0.4, -0.2) is 29.8 Å². The van der Waals surface area contributed by atoms with Gasteiger partial charge < -0.3 is 10.2 Å². The third-order valence-electron chi connectivity index (χ3n) is 4.29. The SMILES string of the molecule is CC(=O)c1cccc(NC(=O)N2CCC(C(C)C)CC2)c1. The van der Waals surface area contributed by atoms with Crippen LogP contribution in [0.4, 0.5) is 10.5 Å². The van der Waals surface area contributed by atoms with Crippen molar-refractivity contribution in [3.8, 4) is 0 Å². The minimum atomic E-state index is -0.0714. The Morgan fingerprint density at radius 1 is 1.24 bits per heavy atom. The molecule has 0 unspecified atom stereocenters. The summed E-state index contributed by atoms with van der Waals surface area (Å²) >= 11 is 0. The van der Waals surface area contributed by atoms with Gasteiger partial charge in [0, 0.05) is 24.3 Å². The number of urea groups is 1. The maximum atomic E-state index is 12.3. The summed E-state index contributed by atoms with van der Waals surface area (Å²) in [6.07, 6.45) is 2.14. The number of nitrogens with zero attached hydrogens (tertiary/aromatic N) is 1. The van der Waals surface area contributed by atoms with E-state index in [0.717, 1.165) is 31.8 Å². The lowest BCUT2D eigenvalue weighted by atomic mass is 9.87. The summed E-state index contributed by atoms with van der Waals surface area (Å²) in [5.74, 6) is 1.40. The van der Waals surface area contributed by atoms with Gasteiger partial charge in [0.15, 0.2) is 5.78 Å². The smallest absolute Gasteiger partial charge is 0.321 e. The highest BCUT2D eigenvalue weighted by Gasteiger charge is 2.24. The molecule has 1 heterocycles. The molecule has 4 heteroatoms. The molecule has 1 aromatic carbocycles. The van der Waals surface area contributed by atoms with Crippen molar-refractivity contribution < 1.29 is 9.59 Å². The summed E-state index contributed by atoms with van der Waals surface area (Å²) in [6, 6.07) is 7.01. The number of anilines is 1. The molecule has 114 valence electrons. The van der Waals surface area contributed by atoms with Crippen molar-refractivity contribution >= 4 is 17.5 Å². The predicted molar refractivity (Wildman–Crippen MR) is 84.6 cm³/mol. The number of likely N-dealkylation sites (tertiary alicyclic amines) is 1. The van der Waals surface area contributed by atoms with Gasteiger partial charge >= 0.3 is 6.03 Å². The third kappa shape index (κ3) is 4.06. The molecule has 4 nitrogen and oxygen atoms in total. The molecule has 1 fully saturated rings. The number of carbonyl (C=O) groups excluding carboxylic acids is 2. The normalized spacial score (nSPS) is 16.1. The fraction of sp³-hybridized carbons (Fsp3) is 0.529. The van der Waals surface area contributed by atoms with Gasteiger partial charge in [-0.3, -0.25) is 4.79 Å². The van der Waals surface area contributed by atoms with E-state index < -0.39 is 0 Å². The molecular weight excluding hydrogens is 264 g/mol. The second-order valence-corrected chi connectivity index (χ2v) is 6.14. The molecule has 21 heavy (non-hydrogen) atoms. The molecule has 0 radical (unpaired) electrons. The van der Waals surface area contributed by atoms with Crippen molar-refractivity contribution in [2.24, 2.45) is 11.8 Å². The maximum Gasteiger partial charge on any atom is 0.321 e. The zero-order chi connectivity index (χ0) is 15.4. The van der Waals surface area contributed by atoms with E-state index in [9.17, 15) is 9.59 Å². The Morgan fingerprint density at radius 2 is 1.90 bits per heavy atom. The topological polar surface area (TPSA) is 49.4 Å². The maximum absolute atomic E-state index is 12.3. The number of amides is 2. The summed E-state index contributed by atoms with van der Waals surface area (Å²) < 4.78 is 0. The van der Waals surface area contributed by atoms with Crippen LogP contribution in [0.3, 0.4) is 0 Å². The van der Waals surface area contributed by atoms with Crippen molar-refractivity contribution in [2.75, 3.05) is 18.4 Å². The van der Waals surface area contributed by atoms with Gasteiger partial charge in [-0.1, -0.05) is 26.0 Å². The van der Waals surface area contributed by atoms with Crippen molar-refractivity contribution in [1.29, 1.82) is 0 Å². The molecule has 0 bridgehead atoms. The number of benzene rings is 1. The lowest BCUT2D eigenvalue weighted by Gasteiger charge is -2.33.